The number of fused-ring (bicyclic) bond motifs is 1. The fraction of sp³-hybridized carbons (Fsp3) is 0.700. The third-order valence-electron chi connectivity index (χ3n) is 3.10. The van der Waals surface area contributed by atoms with Gasteiger partial charge in [-0.3, -0.25) is 4.90 Å². The van der Waals surface area contributed by atoms with Crippen molar-refractivity contribution in [3.63, 3.8) is 0 Å². The molecule has 2 fully saturated rings. The van der Waals surface area contributed by atoms with Crippen molar-refractivity contribution in [2.45, 2.75) is 24.9 Å². The van der Waals surface area contributed by atoms with Crippen molar-refractivity contribution < 1.29 is 4.79 Å². The number of nitrogens with one attached hydrogen (secondary N) is 1. The predicted octanol–water partition coefficient (Wildman–Crippen LogP) is 0.178. The highest BCUT2D eigenvalue weighted by Gasteiger charge is 2.33. The molecular weight excluding hydrogens is 164 g/mol. The maximum absolute atomic E-state index is 10.9. The predicted molar refractivity (Wildman–Crippen MR) is 51.6 cm³/mol. The van der Waals surface area contributed by atoms with E-state index in [1.807, 2.05) is 0 Å². The van der Waals surface area contributed by atoms with Gasteiger partial charge in [0.05, 0.1) is 6.04 Å². The Morgan fingerprint density at radius 2 is 2.46 bits per heavy atom. The minimum atomic E-state index is -0.0131. The molecule has 0 bridgehead atoms. The first-order chi connectivity index (χ1) is 6.33. The van der Waals surface area contributed by atoms with Gasteiger partial charge in [0.25, 0.3) is 0 Å². The number of hydrogen-bond donors (Lipinski definition) is 1. The van der Waals surface area contributed by atoms with Crippen LogP contribution >= 0.6 is 0 Å². The fourth-order valence-electron chi connectivity index (χ4n) is 2.32. The van der Waals surface area contributed by atoms with Gasteiger partial charge in [-0.25, -0.2) is 0 Å². The molecule has 0 saturated carbocycles. The largest absolute Gasteiger partial charge is 0.314 e. The van der Waals surface area contributed by atoms with Gasteiger partial charge < -0.3 is 10.1 Å². The van der Waals surface area contributed by atoms with Crippen LogP contribution in [-0.2, 0) is 4.79 Å². The highest BCUT2D eigenvalue weighted by atomic mass is 16.1. The van der Waals surface area contributed by atoms with Gasteiger partial charge >= 0.3 is 0 Å². The highest BCUT2D eigenvalue weighted by Crippen LogP contribution is 2.25. The van der Waals surface area contributed by atoms with E-state index in [1.165, 1.54) is 0 Å². The van der Waals surface area contributed by atoms with Gasteiger partial charge in [0.2, 0.25) is 0 Å². The molecular formula is C10H16N2O. The quantitative estimate of drug-likeness (QED) is 0.461. The molecule has 72 valence electrons. The van der Waals surface area contributed by atoms with Gasteiger partial charge in [-0.15, -0.1) is 0 Å². The van der Waals surface area contributed by atoms with Crippen LogP contribution in [0.2, 0.25) is 0 Å². The van der Waals surface area contributed by atoms with Gasteiger partial charge in [0, 0.05) is 25.7 Å². The molecule has 0 aromatic heterocycles. The van der Waals surface area contributed by atoms with E-state index in [-0.39, 0.29) is 6.04 Å². The van der Waals surface area contributed by atoms with Crippen molar-refractivity contribution in [3.05, 3.63) is 12.2 Å². The molecule has 0 spiro atoms. The second kappa shape index (κ2) is 3.60. The zero-order valence-electron chi connectivity index (χ0n) is 7.83. The summed E-state index contributed by atoms with van der Waals surface area (Å²) in [5.41, 5.74) is 1.09. The Kier molecular flexibility index (Phi) is 2.47. The summed E-state index contributed by atoms with van der Waals surface area (Å²) in [6.07, 6.45) is 3.20. The summed E-state index contributed by atoms with van der Waals surface area (Å²) >= 11 is 0. The van der Waals surface area contributed by atoms with Crippen LogP contribution in [0.3, 0.4) is 0 Å². The first kappa shape index (κ1) is 8.91. The van der Waals surface area contributed by atoms with Crippen LogP contribution in [0.1, 0.15) is 12.8 Å². The van der Waals surface area contributed by atoms with Crippen LogP contribution in [0.5, 0.6) is 0 Å². The average Bonchev–Trinajstić information content (AvgIpc) is 2.18. The molecule has 3 heteroatoms. The number of piperidine rings is 1. The Hall–Kier alpha value is -0.670. The average molecular weight is 180 g/mol. The van der Waals surface area contributed by atoms with E-state index >= 15 is 0 Å². The fourth-order valence-corrected chi connectivity index (χ4v) is 2.32. The monoisotopic (exact) mass is 180 g/mol. The highest BCUT2D eigenvalue weighted by molar-refractivity contribution is 5.63. The van der Waals surface area contributed by atoms with E-state index < -0.39 is 0 Å². The Balaban J connectivity index is 2.13. The van der Waals surface area contributed by atoms with Crippen molar-refractivity contribution in [2.24, 2.45) is 0 Å². The standard InChI is InChI=1S/C10H16N2O/c1-8-2-3-9-6-11-4-5-12(9)10(8)7-13/h7,9-11H,1-6H2. The smallest absolute Gasteiger partial charge is 0.141 e. The summed E-state index contributed by atoms with van der Waals surface area (Å²) in [6, 6.07) is 0.537. The topological polar surface area (TPSA) is 32.3 Å². The summed E-state index contributed by atoms with van der Waals surface area (Å²) in [5, 5.41) is 3.36. The lowest BCUT2D eigenvalue weighted by molar-refractivity contribution is -0.113. The van der Waals surface area contributed by atoms with Crippen molar-refractivity contribution in [3.8, 4) is 0 Å². The molecule has 0 radical (unpaired) electrons. The van der Waals surface area contributed by atoms with E-state index in [0.717, 1.165) is 44.3 Å². The van der Waals surface area contributed by atoms with E-state index in [9.17, 15) is 4.79 Å². The third kappa shape index (κ3) is 1.54. The lowest BCUT2D eigenvalue weighted by Crippen LogP contribution is -2.58. The molecule has 13 heavy (non-hydrogen) atoms. The first-order valence-corrected chi connectivity index (χ1v) is 4.92. The molecule has 2 atom stereocenters. The molecule has 2 aliphatic heterocycles. The summed E-state index contributed by atoms with van der Waals surface area (Å²) < 4.78 is 0. The van der Waals surface area contributed by atoms with Crippen LogP contribution in [0.4, 0.5) is 0 Å². The Morgan fingerprint density at radius 1 is 1.62 bits per heavy atom. The number of rotatable bonds is 1. The van der Waals surface area contributed by atoms with Gasteiger partial charge in [-0.1, -0.05) is 12.2 Å². The number of nitrogens with zero attached hydrogens (tertiary/aromatic N) is 1. The summed E-state index contributed by atoms with van der Waals surface area (Å²) in [6.45, 7) is 6.96. The van der Waals surface area contributed by atoms with E-state index in [0.29, 0.717) is 6.04 Å². The minimum Gasteiger partial charge on any atom is -0.314 e. The third-order valence-corrected chi connectivity index (χ3v) is 3.10. The molecule has 2 rings (SSSR count). The Labute approximate surface area is 78.8 Å². The van der Waals surface area contributed by atoms with E-state index in [2.05, 4.69) is 16.8 Å². The number of piperazine rings is 1. The summed E-state index contributed by atoms with van der Waals surface area (Å²) in [5.74, 6) is 0. The van der Waals surface area contributed by atoms with Gasteiger partial charge in [0.1, 0.15) is 6.29 Å². The second-order valence-electron chi connectivity index (χ2n) is 3.87. The van der Waals surface area contributed by atoms with E-state index in [1.54, 1.807) is 0 Å². The molecule has 0 amide bonds. The lowest BCUT2D eigenvalue weighted by atomic mass is 9.91. The normalized spacial score (nSPS) is 35.5. The maximum Gasteiger partial charge on any atom is 0.141 e. The molecule has 0 aromatic carbocycles. The molecule has 2 heterocycles. The van der Waals surface area contributed by atoms with Crippen molar-refractivity contribution in [2.75, 3.05) is 19.6 Å². The number of carbonyl (C=O) groups is 1. The summed E-state index contributed by atoms with van der Waals surface area (Å²) in [4.78, 5) is 13.2. The first-order valence-electron chi connectivity index (χ1n) is 4.92. The lowest BCUT2D eigenvalue weighted by Gasteiger charge is -2.44. The van der Waals surface area contributed by atoms with Crippen LogP contribution < -0.4 is 5.32 Å². The van der Waals surface area contributed by atoms with Gasteiger partial charge in [-0.2, -0.15) is 0 Å². The second-order valence-corrected chi connectivity index (χ2v) is 3.87. The minimum absolute atomic E-state index is 0.0131. The van der Waals surface area contributed by atoms with Crippen LogP contribution in [-0.4, -0.2) is 42.9 Å². The zero-order valence-corrected chi connectivity index (χ0v) is 7.83. The van der Waals surface area contributed by atoms with Crippen LogP contribution in [0.15, 0.2) is 12.2 Å². The van der Waals surface area contributed by atoms with E-state index in [4.69, 9.17) is 0 Å². The number of aldehydes is 1. The Morgan fingerprint density at radius 3 is 3.23 bits per heavy atom. The molecule has 3 nitrogen and oxygen atoms in total. The summed E-state index contributed by atoms with van der Waals surface area (Å²) in [7, 11) is 0. The molecule has 2 unspecified atom stereocenters. The van der Waals surface area contributed by atoms with Gasteiger partial charge in [0.15, 0.2) is 0 Å². The molecule has 2 aliphatic rings. The van der Waals surface area contributed by atoms with Crippen molar-refractivity contribution in [1.82, 2.24) is 10.2 Å². The molecule has 0 aromatic rings. The number of carbonyl (C=O) groups excluding carboxylic acids is 1. The van der Waals surface area contributed by atoms with Gasteiger partial charge in [-0.05, 0) is 12.8 Å². The Bertz CT molecular complexity index is 227. The number of hydrogen-bond acceptors (Lipinski definition) is 3. The molecule has 2 saturated heterocycles. The van der Waals surface area contributed by atoms with Crippen molar-refractivity contribution in [1.29, 1.82) is 0 Å². The zero-order chi connectivity index (χ0) is 9.26. The molecule has 0 aliphatic carbocycles. The maximum atomic E-state index is 10.9. The van der Waals surface area contributed by atoms with Crippen LogP contribution in [0, 0.1) is 0 Å². The SMILES string of the molecule is C=C1CCC2CNCCN2C1C=O. The van der Waals surface area contributed by atoms with Crippen LogP contribution in [0.25, 0.3) is 0 Å². The molecule has 1 N–H and O–H groups in total. The van der Waals surface area contributed by atoms with Crippen molar-refractivity contribution >= 4 is 6.29 Å².